The lowest BCUT2D eigenvalue weighted by molar-refractivity contribution is -0.137. The first-order chi connectivity index (χ1) is 11.4. The van der Waals surface area contributed by atoms with Crippen LogP contribution < -0.4 is 4.74 Å². The van der Waals surface area contributed by atoms with Crippen molar-refractivity contribution >= 4 is 0 Å². The summed E-state index contributed by atoms with van der Waals surface area (Å²) in [4.78, 5) is 4.21. The van der Waals surface area contributed by atoms with Gasteiger partial charge >= 0.3 is 6.18 Å². The zero-order chi connectivity index (χ0) is 17.3. The maximum atomic E-state index is 12.8. The molecule has 1 aromatic heterocycles. The molecule has 124 valence electrons. The second-order valence-electron chi connectivity index (χ2n) is 4.97. The van der Waals surface area contributed by atoms with E-state index in [0.29, 0.717) is 11.4 Å². The highest BCUT2D eigenvalue weighted by Crippen LogP contribution is 2.33. The fraction of sp³-hybridized carbons (Fsp3) is 0.125. The van der Waals surface area contributed by atoms with E-state index in [9.17, 15) is 18.3 Å². The third-order valence-electron chi connectivity index (χ3n) is 3.39. The van der Waals surface area contributed by atoms with E-state index in [-0.39, 0.29) is 22.9 Å². The number of rotatable bonds is 3. The molecule has 5 nitrogen and oxygen atoms in total. The summed E-state index contributed by atoms with van der Waals surface area (Å²) in [5.41, 5.74) is 0.0612. The first-order valence-electron chi connectivity index (χ1n) is 6.86. The molecule has 3 aromatic rings. The number of aromatic nitrogens is 3. The number of phenols is 1. The van der Waals surface area contributed by atoms with Crippen LogP contribution in [0.25, 0.3) is 22.8 Å². The summed E-state index contributed by atoms with van der Waals surface area (Å²) in [6, 6.07) is 9.35. The van der Waals surface area contributed by atoms with Crippen LogP contribution in [-0.4, -0.2) is 27.4 Å². The Morgan fingerprint density at radius 1 is 1.08 bits per heavy atom. The predicted octanol–water partition coefficient (Wildman–Crippen LogP) is 3.87. The molecule has 0 aliphatic heterocycles. The Kier molecular flexibility index (Phi) is 3.88. The van der Waals surface area contributed by atoms with Crippen molar-refractivity contribution in [3.8, 4) is 34.3 Å². The number of nitrogens with zero attached hydrogens (tertiary/aromatic N) is 2. The van der Waals surface area contributed by atoms with Crippen LogP contribution in [0.4, 0.5) is 13.2 Å². The highest BCUT2D eigenvalue weighted by molar-refractivity contribution is 5.64. The van der Waals surface area contributed by atoms with Crippen LogP contribution in [0.3, 0.4) is 0 Å². The van der Waals surface area contributed by atoms with Crippen molar-refractivity contribution in [2.45, 2.75) is 6.18 Å². The van der Waals surface area contributed by atoms with E-state index >= 15 is 0 Å². The smallest absolute Gasteiger partial charge is 0.416 e. The zero-order valence-corrected chi connectivity index (χ0v) is 12.4. The molecule has 2 N–H and O–H groups in total. The molecule has 3 rings (SSSR count). The number of benzene rings is 2. The van der Waals surface area contributed by atoms with Crippen molar-refractivity contribution in [1.82, 2.24) is 15.2 Å². The maximum absolute atomic E-state index is 12.8. The molecule has 0 radical (unpaired) electrons. The molecule has 0 saturated carbocycles. The quantitative estimate of drug-likeness (QED) is 0.762. The van der Waals surface area contributed by atoms with Crippen LogP contribution in [0.1, 0.15) is 5.56 Å². The Hall–Kier alpha value is -3.03. The van der Waals surface area contributed by atoms with Gasteiger partial charge in [0.2, 0.25) is 0 Å². The average Bonchev–Trinajstić information content (AvgIpc) is 3.05. The number of H-pyrrole nitrogens is 1. The normalized spacial score (nSPS) is 11.5. The van der Waals surface area contributed by atoms with Gasteiger partial charge in [-0.05, 0) is 30.3 Å². The number of halogens is 3. The predicted molar refractivity (Wildman–Crippen MR) is 80.5 cm³/mol. The van der Waals surface area contributed by atoms with Crippen LogP contribution in [0.2, 0.25) is 0 Å². The summed E-state index contributed by atoms with van der Waals surface area (Å²) < 4.78 is 43.4. The van der Waals surface area contributed by atoms with E-state index in [2.05, 4.69) is 15.2 Å². The summed E-state index contributed by atoms with van der Waals surface area (Å²) in [5.74, 6) is 0.715. The fourth-order valence-corrected chi connectivity index (χ4v) is 2.18. The Morgan fingerprint density at radius 3 is 2.58 bits per heavy atom. The van der Waals surface area contributed by atoms with Crippen LogP contribution in [0.15, 0.2) is 42.5 Å². The Morgan fingerprint density at radius 2 is 1.88 bits per heavy atom. The fourth-order valence-electron chi connectivity index (χ4n) is 2.18. The molecule has 8 heteroatoms. The van der Waals surface area contributed by atoms with E-state index in [1.807, 2.05) is 0 Å². The largest absolute Gasteiger partial charge is 0.504 e. The molecule has 1 heterocycles. The van der Waals surface area contributed by atoms with Gasteiger partial charge in [0.25, 0.3) is 0 Å². The number of ether oxygens (including phenoxy) is 1. The lowest BCUT2D eigenvalue weighted by Crippen LogP contribution is -2.04. The Balaban J connectivity index is 1.97. The van der Waals surface area contributed by atoms with E-state index in [1.165, 1.54) is 25.3 Å². The number of nitrogens with one attached hydrogen (secondary N) is 1. The third kappa shape index (κ3) is 3.03. The minimum Gasteiger partial charge on any atom is -0.504 e. The summed E-state index contributed by atoms with van der Waals surface area (Å²) in [6.45, 7) is 0. The van der Waals surface area contributed by atoms with Gasteiger partial charge < -0.3 is 9.84 Å². The molecule has 0 aliphatic carbocycles. The average molecular weight is 335 g/mol. The van der Waals surface area contributed by atoms with Gasteiger partial charge in [0.15, 0.2) is 23.1 Å². The lowest BCUT2D eigenvalue weighted by Gasteiger charge is -2.06. The summed E-state index contributed by atoms with van der Waals surface area (Å²) in [5, 5.41) is 16.2. The van der Waals surface area contributed by atoms with Gasteiger partial charge in [-0.3, -0.25) is 5.10 Å². The van der Waals surface area contributed by atoms with Crippen molar-refractivity contribution in [3.05, 3.63) is 48.0 Å². The Labute approximate surface area is 134 Å². The molecule has 0 atom stereocenters. The number of methoxy groups -OCH3 is 1. The molecule has 24 heavy (non-hydrogen) atoms. The topological polar surface area (TPSA) is 71.0 Å². The van der Waals surface area contributed by atoms with Crippen LogP contribution in [0, 0.1) is 0 Å². The number of aromatic hydroxyl groups is 1. The summed E-state index contributed by atoms with van der Waals surface area (Å²) in [6.07, 6.45) is -4.43. The second-order valence-corrected chi connectivity index (χ2v) is 4.97. The third-order valence-corrected chi connectivity index (χ3v) is 3.39. The number of alkyl halides is 3. The molecule has 0 unspecified atom stereocenters. The standard InChI is InChI=1S/C16H12F3N3O2/c1-24-13-8-10(5-6-12(13)23)15-20-14(21-22-15)9-3-2-4-11(7-9)16(17,18)19/h2-8,23H,1H3,(H,20,21,22). The van der Waals surface area contributed by atoms with Crippen molar-refractivity contribution in [1.29, 1.82) is 0 Å². The summed E-state index contributed by atoms with van der Waals surface area (Å²) in [7, 11) is 1.41. The number of phenolic OH excluding ortho intramolecular Hbond substituents is 1. The van der Waals surface area contributed by atoms with Gasteiger partial charge in [-0.25, -0.2) is 4.98 Å². The molecular weight excluding hydrogens is 323 g/mol. The van der Waals surface area contributed by atoms with Crippen molar-refractivity contribution in [2.24, 2.45) is 0 Å². The van der Waals surface area contributed by atoms with Crippen LogP contribution >= 0.6 is 0 Å². The van der Waals surface area contributed by atoms with Crippen molar-refractivity contribution < 1.29 is 23.0 Å². The minimum atomic E-state index is -4.43. The molecular formula is C16H12F3N3O2. The Bertz CT molecular complexity index is 875. The van der Waals surface area contributed by atoms with Gasteiger partial charge in [-0.2, -0.15) is 18.3 Å². The van der Waals surface area contributed by atoms with Crippen molar-refractivity contribution in [3.63, 3.8) is 0 Å². The van der Waals surface area contributed by atoms with Gasteiger partial charge in [-0.1, -0.05) is 12.1 Å². The number of aromatic amines is 1. The first kappa shape index (κ1) is 15.9. The molecule has 2 aromatic carbocycles. The highest BCUT2D eigenvalue weighted by atomic mass is 19.4. The minimum absolute atomic E-state index is 0.0288. The summed E-state index contributed by atoms with van der Waals surface area (Å²) >= 11 is 0. The first-order valence-corrected chi connectivity index (χ1v) is 6.86. The number of hydrogen-bond donors (Lipinski definition) is 2. The van der Waals surface area contributed by atoms with Crippen LogP contribution in [0.5, 0.6) is 11.5 Å². The van der Waals surface area contributed by atoms with E-state index < -0.39 is 11.7 Å². The molecule has 0 amide bonds. The van der Waals surface area contributed by atoms with Gasteiger partial charge in [0, 0.05) is 11.1 Å². The van der Waals surface area contributed by atoms with E-state index in [0.717, 1.165) is 12.1 Å². The molecule has 0 saturated heterocycles. The maximum Gasteiger partial charge on any atom is 0.416 e. The second kappa shape index (κ2) is 5.88. The lowest BCUT2D eigenvalue weighted by atomic mass is 10.1. The molecule has 0 spiro atoms. The molecule has 0 fully saturated rings. The highest BCUT2D eigenvalue weighted by Gasteiger charge is 2.30. The van der Waals surface area contributed by atoms with E-state index in [4.69, 9.17) is 4.74 Å². The zero-order valence-electron chi connectivity index (χ0n) is 12.4. The monoisotopic (exact) mass is 335 g/mol. The van der Waals surface area contributed by atoms with E-state index in [1.54, 1.807) is 12.1 Å². The van der Waals surface area contributed by atoms with Crippen molar-refractivity contribution in [2.75, 3.05) is 7.11 Å². The SMILES string of the molecule is COc1cc(-c2nc(-c3cccc(C(F)(F)F)c3)n[nH]2)ccc1O. The molecule has 0 aliphatic rings. The van der Waals surface area contributed by atoms with Crippen LogP contribution in [-0.2, 0) is 6.18 Å². The van der Waals surface area contributed by atoms with Gasteiger partial charge in [-0.15, -0.1) is 0 Å². The van der Waals surface area contributed by atoms with Gasteiger partial charge in [0.1, 0.15) is 0 Å². The number of hydrogen-bond acceptors (Lipinski definition) is 4. The van der Waals surface area contributed by atoms with Gasteiger partial charge in [0.05, 0.1) is 12.7 Å². The molecule has 0 bridgehead atoms.